The monoisotopic (exact) mass is 527 g/mol. The number of piperidine rings is 1. The number of carbonyl (C=O) groups is 2. The van der Waals surface area contributed by atoms with Gasteiger partial charge in [0.2, 0.25) is 5.91 Å². The maximum Gasteiger partial charge on any atom is 0.256 e. The van der Waals surface area contributed by atoms with E-state index in [9.17, 15) is 9.59 Å². The highest BCUT2D eigenvalue weighted by atomic mass is 16.5. The zero-order chi connectivity index (χ0) is 27.4. The van der Waals surface area contributed by atoms with Crippen molar-refractivity contribution in [3.8, 4) is 11.3 Å². The van der Waals surface area contributed by atoms with Gasteiger partial charge >= 0.3 is 0 Å². The number of pyridine rings is 1. The average Bonchev–Trinajstić information content (AvgIpc) is 3.35. The predicted molar refractivity (Wildman–Crippen MR) is 149 cm³/mol. The lowest BCUT2D eigenvalue weighted by atomic mass is 9.92. The first-order chi connectivity index (χ1) is 19.0. The molecule has 39 heavy (non-hydrogen) atoms. The van der Waals surface area contributed by atoms with Crippen LogP contribution < -0.4 is 11.1 Å². The van der Waals surface area contributed by atoms with Crippen molar-refractivity contribution in [1.29, 1.82) is 0 Å². The Morgan fingerprint density at radius 3 is 2.67 bits per heavy atom. The third kappa shape index (κ3) is 5.61. The van der Waals surface area contributed by atoms with Gasteiger partial charge in [-0.15, -0.1) is 0 Å². The van der Waals surface area contributed by atoms with Crippen LogP contribution in [0, 0.1) is 0 Å². The summed E-state index contributed by atoms with van der Waals surface area (Å²) in [6, 6.07) is 12.7. The van der Waals surface area contributed by atoms with Crippen molar-refractivity contribution in [2.24, 2.45) is 0 Å². The summed E-state index contributed by atoms with van der Waals surface area (Å²) in [5.74, 6) is 1.61. The summed E-state index contributed by atoms with van der Waals surface area (Å²) >= 11 is 0. The largest absolute Gasteiger partial charge is 0.382 e. The minimum atomic E-state index is -0.248. The van der Waals surface area contributed by atoms with E-state index < -0.39 is 0 Å². The van der Waals surface area contributed by atoms with Crippen LogP contribution in [-0.4, -0.2) is 61.9 Å². The number of benzene rings is 1. The van der Waals surface area contributed by atoms with E-state index in [0.717, 1.165) is 24.2 Å². The molecule has 1 aliphatic heterocycles. The van der Waals surface area contributed by atoms with Crippen LogP contribution in [0.2, 0.25) is 0 Å². The number of anilines is 2. The average molecular weight is 528 g/mol. The summed E-state index contributed by atoms with van der Waals surface area (Å²) in [5.41, 5.74) is 9.08. The molecule has 1 aromatic carbocycles. The van der Waals surface area contributed by atoms with Crippen LogP contribution in [0.1, 0.15) is 55.2 Å². The summed E-state index contributed by atoms with van der Waals surface area (Å²) in [7, 11) is 0. The molecule has 10 nitrogen and oxygen atoms in total. The molecule has 0 aliphatic carbocycles. The number of fused-ring (bicyclic) bond motifs is 1. The van der Waals surface area contributed by atoms with Crippen molar-refractivity contribution >= 4 is 29.0 Å². The fraction of sp³-hybridized carbons (Fsp3) is 0.345. The van der Waals surface area contributed by atoms with Gasteiger partial charge in [-0.1, -0.05) is 18.2 Å². The minimum absolute atomic E-state index is 0.0451. The number of nitrogens with two attached hydrogens (primary N) is 1. The fourth-order valence-corrected chi connectivity index (χ4v) is 5.09. The molecular weight excluding hydrogens is 494 g/mol. The van der Waals surface area contributed by atoms with Crippen molar-refractivity contribution in [3.05, 3.63) is 72.4 Å². The number of rotatable bonds is 8. The number of imidazole rings is 1. The molecule has 4 aromatic rings. The number of likely N-dealkylation sites (tertiary alicyclic amines) is 1. The van der Waals surface area contributed by atoms with E-state index in [2.05, 4.69) is 22.2 Å². The number of aromatic nitrogens is 4. The number of carbonyl (C=O) groups excluding carboxylic acids is 2. The van der Waals surface area contributed by atoms with Crippen LogP contribution in [0.4, 0.5) is 11.6 Å². The van der Waals surface area contributed by atoms with Crippen molar-refractivity contribution in [2.45, 2.75) is 45.1 Å². The van der Waals surface area contributed by atoms with Crippen LogP contribution >= 0.6 is 0 Å². The molecule has 202 valence electrons. The standard InChI is InChI=1S/C29H33N7O3/c1-3-39-17-13-24(37)36-18-22(8-7-19(36)2)28-34-25(26-27(30)32-15-16-35(26)28)20-9-11-21(12-10-20)29(38)33-23-6-4-5-14-31-23/h4-6,9-12,14-16,19,22H,3,7-8,13,17-18H2,1-2H3,(H2,30,32)(H,31,33,38)/t19-,22+/m0/s1. The number of nitrogens with one attached hydrogen (secondary N) is 1. The zero-order valence-corrected chi connectivity index (χ0v) is 22.2. The van der Waals surface area contributed by atoms with Crippen LogP contribution in [0.25, 0.3) is 16.8 Å². The number of amides is 2. The molecule has 1 saturated heterocycles. The summed E-state index contributed by atoms with van der Waals surface area (Å²) in [6.45, 7) is 5.63. The number of ether oxygens (including phenoxy) is 1. The normalized spacial score (nSPS) is 17.3. The maximum absolute atomic E-state index is 13.0. The van der Waals surface area contributed by atoms with Crippen molar-refractivity contribution in [3.63, 3.8) is 0 Å². The fourth-order valence-electron chi connectivity index (χ4n) is 5.09. The Morgan fingerprint density at radius 1 is 1.10 bits per heavy atom. The number of hydrogen-bond acceptors (Lipinski definition) is 7. The van der Waals surface area contributed by atoms with Crippen molar-refractivity contribution in [1.82, 2.24) is 24.3 Å². The van der Waals surface area contributed by atoms with Crippen LogP contribution in [-0.2, 0) is 9.53 Å². The first-order valence-corrected chi connectivity index (χ1v) is 13.3. The van der Waals surface area contributed by atoms with E-state index in [4.69, 9.17) is 15.5 Å². The second-order valence-corrected chi connectivity index (χ2v) is 9.71. The van der Waals surface area contributed by atoms with Gasteiger partial charge in [0, 0.05) is 54.8 Å². The second-order valence-electron chi connectivity index (χ2n) is 9.71. The Labute approximate surface area is 227 Å². The van der Waals surface area contributed by atoms with Gasteiger partial charge in [-0.05, 0) is 51.0 Å². The Balaban J connectivity index is 1.42. The van der Waals surface area contributed by atoms with E-state index in [0.29, 0.717) is 54.6 Å². The highest BCUT2D eigenvalue weighted by molar-refractivity contribution is 6.04. The van der Waals surface area contributed by atoms with E-state index >= 15 is 0 Å². The van der Waals surface area contributed by atoms with E-state index in [1.807, 2.05) is 40.6 Å². The first-order valence-electron chi connectivity index (χ1n) is 13.3. The van der Waals surface area contributed by atoms with Gasteiger partial charge in [0.05, 0.1) is 13.0 Å². The topological polar surface area (TPSA) is 128 Å². The van der Waals surface area contributed by atoms with Gasteiger partial charge in [0.1, 0.15) is 28.7 Å². The van der Waals surface area contributed by atoms with Gasteiger partial charge in [-0.3, -0.25) is 14.0 Å². The van der Waals surface area contributed by atoms with E-state index in [1.165, 1.54) is 0 Å². The summed E-state index contributed by atoms with van der Waals surface area (Å²) in [4.78, 5) is 41.1. The zero-order valence-electron chi connectivity index (χ0n) is 22.2. The molecule has 1 aliphatic rings. The minimum Gasteiger partial charge on any atom is -0.382 e. The third-order valence-electron chi connectivity index (χ3n) is 7.17. The molecule has 2 atom stereocenters. The lowest BCUT2D eigenvalue weighted by Crippen LogP contribution is -2.45. The molecule has 2 amide bonds. The Hall–Kier alpha value is -4.31. The molecule has 0 radical (unpaired) electrons. The van der Waals surface area contributed by atoms with Crippen LogP contribution in [0.15, 0.2) is 61.1 Å². The molecule has 1 fully saturated rings. The highest BCUT2D eigenvalue weighted by Crippen LogP contribution is 2.35. The summed E-state index contributed by atoms with van der Waals surface area (Å²) in [5, 5.41) is 2.80. The Bertz CT molecular complexity index is 1450. The molecule has 3 N–H and O–H groups in total. The lowest BCUT2D eigenvalue weighted by molar-refractivity contribution is -0.136. The number of nitrogens with zero attached hydrogens (tertiary/aromatic N) is 5. The van der Waals surface area contributed by atoms with Crippen molar-refractivity contribution < 1.29 is 14.3 Å². The Morgan fingerprint density at radius 2 is 1.92 bits per heavy atom. The molecule has 0 saturated carbocycles. The van der Waals surface area contributed by atoms with Gasteiger partial charge in [0.25, 0.3) is 5.91 Å². The predicted octanol–water partition coefficient (Wildman–Crippen LogP) is 4.15. The maximum atomic E-state index is 13.0. The molecule has 10 heteroatoms. The van der Waals surface area contributed by atoms with Gasteiger partial charge in [0.15, 0.2) is 0 Å². The third-order valence-corrected chi connectivity index (χ3v) is 7.17. The molecule has 3 aromatic heterocycles. The van der Waals surface area contributed by atoms with Crippen LogP contribution in [0.5, 0.6) is 0 Å². The second kappa shape index (κ2) is 11.6. The van der Waals surface area contributed by atoms with Gasteiger partial charge in [-0.2, -0.15) is 0 Å². The summed E-state index contributed by atoms with van der Waals surface area (Å²) in [6.07, 6.45) is 7.32. The quantitative estimate of drug-likeness (QED) is 0.330. The molecule has 0 bridgehead atoms. The van der Waals surface area contributed by atoms with Crippen LogP contribution in [0.3, 0.4) is 0 Å². The number of hydrogen-bond donors (Lipinski definition) is 2. The highest BCUT2D eigenvalue weighted by Gasteiger charge is 2.32. The smallest absolute Gasteiger partial charge is 0.256 e. The SMILES string of the molecule is CCOCCC(=O)N1C[C@H](c2nc(-c3ccc(C(=O)Nc4ccccn4)cc3)c3c(N)nccn23)CC[C@@H]1C. The Kier molecular flexibility index (Phi) is 7.83. The molecule has 0 spiro atoms. The first kappa shape index (κ1) is 26.3. The molecule has 5 rings (SSSR count). The van der Waals surface area contributed by atoms with Crippen molar-refractivity contribution in [2.75, 3.05) is 30.8 Å². The van der Waals surface area contributed by atoms with E-state index in [-0.39, 0.29) is 23.8 Å². The summed E-state index contributed by atoms with van der Waals surface area (Å²) < 4.78 is 7.39. The van der Waals surface area contributed by atoms with E-state index in [1.54, 1.807) is 36.7 Å². The molecule has 0 unspecified atom stereocenters. The van der Waals surface area contributed by atoms with Gasteiger partial charge in [-0.25, -0.2) is 15.0 Å². The van der Waals surface area contributed by atoms with Gasteiger partial charge < -0.3 is 20.7 Å². The molecule has 4 heterocycles. The lowest BCUT2D eigenvalue weighted by Gasteiger charge is -2.37. The number of nitrogen functional groups attached to an aromatic ring is 1. The molecular formula is C29H33N7O3.